The van der Waals surface area contributed by atoms with Gasteiger partial charge < -0.3 is 10.0 Å². The number of hydrogen-bond acceptors (Lipinski definition) is 2. The zero-order valence-corrected chi connectivity index (χ0v) is 13.6. The van der Waals surface area contributed by atoms with Crippen LogP contribution in [0, 0.1) is 5.41 Å². The molecule has 0 bridgehead atoms. The fraction of sp³-hybridized carbons (Fsp3) is 0.875. The number of aliphatic carboxylic acids is 1. The summed E-state index contributed by atoms with van der Waals surface area (Å²) in [6.45, 7) is 8.64. The van der Waals surface area contributed by atoms with Crippen LogP contribution in [0.2, 0.25) is 0 Å². The van der Waals surface area contributed by atoms with E-state index in [1.807, 2.05) is 13.8 Å². The standard InChI is InChI=1S/C16H31NO3/c1-5-8-9-10-11-12-13-16(4,15(19)20)14(18)17(6-2)7-3/h5-13H2,1-4H3,(H,19,20). The molecule has 0 saturated heterocycles. The quantitative estimate of drug-likeness (QED) is 0.465. The van der Waals surface area contributed by atoms with E-state index in [0.717, 1.165) is 19.3 Å². The molecule has 0 aliphatic carbocycles. The van der Waals surface area contributed by atoms with Crippen molar-refractivity contribution >= 4 is 11.9 Å². The number of rotatable bonds is 11. The molecule has 1 unspecified atom stereocenters. The van der Waals surface area contributed by atoms with Crippen molar-refractivity contribution in [2.24, 2.45) is 5.41 Å². The topological polar surface area (TPSA) is 57.6 Å². The van der Waals surface area contributed by atoms with Crippen molar-refractivity contribution in [2.45, 2.75) is 72.6 Å². The van der Waals surface area contributed by atoms with E-state index in [9.17, 15) is 14.7 Å². The number of nitrogens with zero attached hydrogens (tertiary/aromatic N) is 1. The van der Waals surface area contributed by atoms with E-state index < -0.39 is 11.4 Å². The molecule has 0 aliphatic heterocycles. The van der Waals surface area contributed by atoms with Gasteiger partial charge >= 0.3 is 5.97 Å². The maximum absolute atomic E-state index is 12.4. The third-order valence-corrected chi connectivity index (χ3v) is 4.03. The summed E-state index contributed by atoms with van der Waals surface area (Å²) in [4.78, 5) is 25.5. The Hall–Kier alpha value is -1.06. The summed E-state index contributed by atoms with van der Waals surface area (Å²) in [6, 6.07) is 0. The summed E-state index contributed by atoms with van der Waals surface area (Å²) in [7, 11) is 0. The van der Waals surface area contributed by atoms with E-state index in [1.165, 1.54) is 19.3 Å². The highest BCUT2D eigenvalue weighted by Gasteiger charge is 2.42. The Labute approximate surface area is 123 Å². The number of carboxylic acid groups (broad SMARTS) is 1. The van der Waals surface area contributed by atoms with E-state index in [1.54, 1.807) is 11.8 Å². The fourth-order valence-electron chi connectivity index (χ4n) is 2.42. The number of carboxylic acids is 1. The van der Waals surface area contributed by atoms with Crippen LogP contribution in [0.5, 0.6) is 0 Å². The first kappa shape index (κ1) is 18.9. The Bertz CT molecular complexity index is 300. The molecule has 1 amide bonds. The molecule has 1 atom stereocenters. The van der Waals surface area contributed by atoms with Gasteiger partial charge in [0.15, 0.2) is 0 Å². The van der Waals surface area contributed by atoms with Gasteiger partial charge in [-0.2, -0.15) is 0 Å². The molecule has 118 valence electrons. The Morgan fingerprint density at radius 3 is 1.90 bits per heavy atom. The number of unbranched alkanes of at least 4 members (excludes halogenated alkanes) is 5. The lowest BCUT2D eigenvalue weighted by molar-refractivity contribution is -0.160. The Morgan fingerprint density at radius 1 is 0.950 bits per heavy atom. The molecule has 4 heteroatoms. The van der Waals surface area contributed by atoms with Crippen LogP contribution in [0.15, 0.2) is 0 Å². The first-order chi connectivity index (χ1) is 9.43. The van der Waals surface area contributed by atoms with Crippen LogP contribution in [0.25, 0.3) is 0 Å². The van der Waals surface area contributed by atoms with E-state index in [4.69, 9.17) is 0 Å². The predicted molar refractivity (Wildman–Crippen MR) is 81.7 cm³/mol. The molecule has 0 fully saturated rings. The smallest absolute Gasteiger partial charge is 0.318 e. The molecule has 20 heavy (non-hydrogen) atoms. The largest absolute Gasteiger partial charge is 0.480 e. The molecule has 0 rings (SSSR count). The number of hydrogen-bond donors (Lipinski definition) is 1. The van der Waals surface area contributed by atoms with Crippen LogP contribution in [0.3, 0.4) is 0 Å². The van der Waals surface area contributed by atoms with Crippen molar-refractivity contribution in [2.75, 3.05) is 13.1 Å². The monoisotopic (exact) mass is 285 g/mol. The Morgan fingerprint density at radius 2 is 1.45 bits per heavy atom. The minimum absolute atomic E-state index is 0.247. The van der Waals surface area contributed by atoms with Crippen molar-refractivity contribution in [3.63, 3.8) is 0 Å². The summed E-state index contributed by atoms with van der Waals surface area (Å²) in [5, 5.41) is 9.44. The van der Waals surface area contributed by atoms with Crippen molar-refractivity contribution in [3.8, 4) is 0 Å². The second-order valence-corrected chi connectivity index (χ2v) is 5.63. The zero-order valence-electron chi connectivity index (χ0n) is 13.6. The summed E-state index contributed by atoms with van der Waals surface area (Å²) < 4.78 is 0. The summed E-state index contributed by atoms with van der Waals surface area (Å²) in [5.41, 5.74) is -1.27. The highest BCUT2D eigenvalue weighted by molar-refractivity contribution is 6.01. The third kappa shape index (κ3) is 5.51. The summed E-state index contributed by atoms with van der Waals surface area (Å²) in [6.07, 6.45) is 7.01. The van der Waals surface area contributed by atoms with Gasteiger partial charge in [0.2, 0.25) is 5.91 Å². The molecule has 0 heterocycles. The second kappa shape index (κ2) is 9.78. The molecule has 0 aromatic rings. The lowest BCUT2D eigenvalue weighted by atomic mass is 9.83. The van der Waals surface area contributed by atoms with Crippen LogP contribution in [0.1, 0.15) is 72.6 Å². The maximum Gasteiger partial charge on any atom is 0.318 e. The average molecular weight is 285 g/mol. The van der Waals surface area contributed by atoms with Gasteiger partial charge in [-0.15, -0.1) is 0 Å². The normalized spacial score (nSPS) is 13.8. The highest BCUT2D eigenvalue weighted by atomic mass is 16.4. The Kier molecular flexibility index (Phi) is 9.26. The van der Waals surface area contributed by atoms with Gasteiger partial charge in [0.25, 0.3) is 0 Å². The van der Waals surface area contributed by atoms with Crippen molar-refractivity contribution in [3.05, 3.63) is 0 Å². The van der Waals surface area contributed by atoms with Gasteiger partial charge in [0.1, 0.15) is 5.41 Å². The Balaban J connectivity index is 4.46. The van der Waals surface area contributed by atoms with Crippen LogP contribution < -0.4 is 0 Å². The van der Waals surface area contributed by atoms with E-state index in [-0.39, 0.29) is 5.91 Å². The van der Waals surface area contributed by atoms with Gasteiger partial charge in [-0.1, -0.05) is 45.4 Å². The summed E-state index contributed by atoms with van der Waals surface area (Å²) in [5.74, 6) is -1.24. The minimum Gasteiger partial charge on any atom is -0.480 e. The van der Waals surface area contributed by atoms with Gasteiger partial charge in [-0.3, -0.25) is 9.59 Å². The van der Waals surface area contributed by atoms with Crippen molar-refractivity contribution in [1.82, 2.24) is 4.90 Å². The van der Waals surface area contributed by atoms with Crippen LogP contribution in [0.4, 0.5) is 0 Å². The molecule has 0 aliphatic rings. The lowest BCUT2D eigenvalue weighted by Gasteiger charge is -2.30. The molecule has 0 spiro atoms. The number of carbonyl (C=O) groups excluding carboxylic acids is 1. The average Bonchev–Trinajstić information content (AvgIpc) is 2.43. The number of amides is 1. The first-order valence-electron chi connectivity index (χ1n) is 7.96. The second-order valence-electron chi connectivity index (χ2n) is 5.63. The fourth-order valence-corrected chi connectivity index (χ4v) is 2.42. The van der Waals surface area contributed by atoms with Crippen LogP contribution >= 0.6 is 0 Å². The van der Waals surface area contributed by atoms with E-state index in [2.05, 4.69) is 6.92 Å². The molecule has 0 radical (unpaired) electrons. The molecule has 1 N–H and O–H groups in total. The van der Waals surface area contributed by atoms with Crippen molar-refractivity contribution < 1.29 is 14.7 Å². The van der Waals surface area contributed by atoms with Crippen LogP contribution in [-0.2, 0) is 9.59 Å². The molecule has 0 aromatic heterocycles. The molecule has 0 aromatic carbocycles. The van der Waals surface area contributed by atoms with E-state index >= 15 is 0 Å². The van der Waals surface area contributed by atoms with Crippen molar-refractivity contribution in [1.29, 1.82) is 0 Å². The van der Waals surface area contributed by atoms with Gasteiger partial charge in [-0.05, 0) is 27.2 Å². The SMILES string of the molecule is CCCCCCCCC(C)(C(=O)O)C(=O)N(CC)CC. The maximum atomic E-state index is 12.4. The zero-order chi connectivity index (χ0) is 15.6. The lowest BCUT2D eigenvalue weighted by Crippen LogP contribution is -2.46. The third-order valence-electron chi connectivity index (χ3n) is 4.03. The van der Waals surface area contributed by atoms with Crippen LogP contribution in [-0.4, -0.2) is 35.0 Å². The molecular formula is C16H31NO3. The number of carbonyl (C=O) groups is 2. The molecule has 4 nitrogen and oxygen atoms in total. The minimum atomic E-state index is -1.27. The summed E-state index contributed by atoms with van der Waals surface area (Å²) >= 11 is 0. The predicted octanol–water partition coefficient (Wildman–Crippen LogP) is 3.70. The van der Waals surface area contributed by atoms with Gasteiger partial charge in [0.05, 0.1) is 0 Å². The van der Waals surface area contributed by atoms with E-state index in [0.29, 0.717) is 19.5 Å². The highest BCUT2D eigenvalue weighted by Crippen LogP contribution is 2.28. The first-order valence-corrected chi connectivity index (χ1v) is 7.96. The van der Waals surface area contributed by atoms with Gasteiger partial charge in [0, 0.05) is 13.1 Å². The molecule has 0 saturated carbocycles. The molecular weight excluding hydrogens is 254 g/mol. The van der Waals surface area contributed by atoms with Gasteiger partial charge in [-0.25, -0.2) is 0 Å².